The van der Waals surface area contributed by atoms with Gasteiger partial charge in [-0.05, 0) is 32.0 Å². The van der Waals surface area contributed by atoms with Gasteiger partial charge < -0.3 is 9.73 Å². The minimum atomic E-state index is 0.787. The molecule has 90 valence electrons. The molecule has 1 N–H and O–H groups in total. The third kappa shape index (κ3) is 2.56. The molecular formula is C14H18N2O. The summed E-state index contributed by atoms with van der Waals surface area (Å²) in [5.74, 6) is 1.65. The van der Waals surface area contributed by atoms with Gasteiger partial charge in [0.2, 0.25) is 0 Å². The van der Waals surface area contributed by atoms with Crippen molar-refractivity contribution in [3.63, 3.8) is 0 Å². The molecule has 0 fully saturated rings. The van der Waals surface area contributed by atoms with Gasteiger partial charge in [0, 0.05) is 18.5 Å². The van der Waals surface area contributed by atoms with Gasteiger partial charge in [-0.1, -0.05) is 18.2 Å². The number of aryl methyl sites for hydroxylation is 1. The summed E-state index contributed by atoms with van der Waals surface area (Å²) in [6, 6.07) is 6.23. The zero-order valence-electron chi connectivity index (χ0n) is 10.6. The molecule has 17 heavy (non-hydrogen) atoms. The smallest absolute Gasteiger partial charge is 0.196 e. The van der Waals surface area contributed by atoms with E-state index in [1.807, 2.05) is 19.3 Å². The van der Waals surface area contributed by atoms with Gasteiger partial charge in [-0.3, -0.25) is 0 Å². The summed E-state index contributed by atoms with van der Waals surface area (Å²) < 4.78 is 5.76. The standard InChI is InChI=1S/C14H18N2O/c1-10-5-4-6-12(11(10)2)13-9-16-14(17-13)7-8-15-3/h4-6,9,15H,7-8H2,1-3H3. The molecule has 3 nitrogen and oxygen atoms in total. The lowest BCUT2D eigenvalue weighted by molar-refractivity contribution is 0.500. The molecule has 1 heterocycles. The van der Waals surface area contributed by atoms with Gasteiger partial charge in [0.15, 0.2) is 11.7 Å². The van der Waals surface area contributed by atoms with Crippen LogP contribution in [0.2, 0.25) is 0 Å². The number of nitrogens with zero attached hydrogens (tertiary/aromatic N) is 1. The molecule has 3 heteroatoms. The molecule has 0 bridgehead atoms. The Morgan fingerprint density at radius 2 is 2.12 bits per heavy atom. The summed E-state index contributed by atoms with van der Waals surface area (Å²) in [5, 5.41) is 3.09. The molecule has 0 saturated heterocycles. The second-order valence-electron chi connectivity index (χ2n) is 4.22. The average Bonchev–Trinajstić information content (AvgIpc) is 2.78. The van der Waals surface area contributed by atoms with E-state index in [0.717, 1.165) is 30.2 Å². The van der Waals surface area contributed by atoms with E-state index < -0.39 is 0 Å². The number of hydrogen-bond donors (Lipinski definition) is 1. The van der Waals surface area contributed by atoms with Crippen molar-refractivity contribution in [1.29, 1.82) is 0 Å². The molecule has 0 aliphatic heterocycles. The molecular weight excluding hydrogens is 212 g/mol. The van der Waals surface area contributed by atoms with E-state index in [9.17, 15) is 0 Å². The normalized spacial score (nSPS) is 10.8. The predicted octanol–water partition coefficient (Wildman–Crippen LogP) is 2.72. The Balaban J connectivity index is 2.27. The quantitative estimate of drug-likeness (QED) is 0.877. The first-order chi connectivity index (χ1) is 8.22. The Morgan fingerprint density at radius 3 is 2.88 bits per heavy atom. The number of oxazole rings is 1. The Morgan fingerprint density at radius 1 is 1.29 bits per heavy atom. The molecule has 1 aromatic heterocycles. The number of hydrogen-bond acceptors (Lipinski definition) is 3. The first-order valence-corrected chi connectivity index (χ1v) is 5.88. The Kier molecular flexibility index (Phi) is 3.59. The summed E-state index contributed by atoms with van der Waals surface area (Å²) in [6.45, 7) is 5.10. The molecule has 0 unspecified atom stereocenters. The van der Waals surface area contributed by atoms with Gasteiger partial charge in [-0.2, -0.15) is 0 Å². The van der Waals surface area contributed by atoms with E-state index in [0.29, 0.717) is 0 Å². The molecule has 0 amide bonds. The first-order valence-electron chi connectivity index (χ1n) is 5.88. The molecule has 0 atom stereocenters. The van der Waals surface area contributed by atoms with E-state index in [2.05, 4.69) is 36.3 Å². The summed E-state index contributed by atoms with van der Waals surface area (Å²) in [6.07, 6.45) is 2.63. The van der Waals surface area contributed by atoms with Crippen molar-refractivity contribution < 1.29 is 4.42 Å². The van der Waals surface area contributed by atoms with E-state index in [-0.39, 0.29) is 0 Å². The monoisotopic (exact) mass is 230 g/mol. The highest BCUT2D eigenvalue weighted by molar-refractivity contribution is 5.62. The number of nitrogens with one attached hydrogen (secondary N) is 1. The minimum Gasteiger partial charge on any atom is -0.441 e. The maximum absolute atomic E-state index is 5.76. The number of rotatable bonds is 4. The Hall–Kier alpha value is -1.61. The zero-order valence-corrected chi connectivity index (χ0v) is 10.6. The van der Waals surface area contributed by atoms with Gasteiger partial charge in [0.1, 0.15) is 0 Å². The van der Waals surface area contributed by atoms with Crippen molar-refractivity contribution in [2.24, 2.45) is 0 Å². The molecule has 0 aliphatic carbocycles. The number of likely N-dealkylation sites (N-methyl/N-ethyl adjacent to an activating group) is 1. The average molecular weight is 230 g/mol. The van der Waals surface area contributed by atoms with Gasteiger partial charge in [-0.15, -0.1) is 0 Å². The van der Waals surface area contributed by atoms with Crippen LogP contribution in [0.5, 0.6) is 0 Å². The topological polar surface area (TPSA) is 38.1 Å². The molecule has 0 spiro atoms. The van der Waals surface area contributed by atoms with Crippen molar-refractivity contribution in [3.05, 3.63) is 41.4 Å². The second kappa shape index (κ2) is 5.15. The third-order valence-corrected chi connectivity index (χ3v) is 3.01. The number of benzene rings is 1. The van der Waals surface area contributed by atoms with Crippen LogP contribution in [0.4, 0.5) is 0 Å². The highest BCUT2D eigenvalue weighted by Crippen LogP contribution is 2.25. The van der Waals surface area contributed by atoms with Crippen LogP contribution in [0.3, 0.4) is 0 Å². The van der Waals surface area contributed by atoms with Gasteiger partial charge in [0.05, 0.1) is 6.20 Å². The Bertz CT molecular complexity index is 503. The van der Waals surface area contributed by atoms with Crippen LogP contribution >= 0.6 is 0 Å². The SMILES string of the molecule is CNCCc1ncc(-c2cccc(C)c2C)o1. The van der Waals surface area contributed by atoms with Crippen molar-refractivity contribution in [2.45, 2.75) is 20.3 Å². The molecule has 2 rings (SSSR count). The predicted molar refractivity (Wildman–Crippen MR) is 69.0 cm³/mol. The third-order valence-electron chi connectivity index (χ3n) is 3.01. The highest BCUT2D eigenvalue weighted by atomic mass is 16.4. The van der Waals surface area contributed by atoms with E-state index in [1.165, 1.54) is 11.1 Å². The largest absolute Gasteiger partial charge is 0.441 e. The maximum atomic E-state index is 5.76. The molecule has 0 radical (unpaired) electrons. The van der Waals surface area contributed by atoms with E-state index in [4.69, 9.17) is 4.42 Å². The molecule has 1 aromatic carbocycles. The molecule has 2 aromatic rings. The van der Waals surface area contributed by atoms with Gasteiger partial charge in [-0.25, -0.2) is 4.98 Å². The molecule has 0 saturated carbocycles. The van der Waals surface area contributed by atoms with Crippen LogP contribution in [0, 0.1) is 13.8 Å². The fraction of sp³-hybridized carbons (Fsp3) is 0.357. The zero-order chi connectivity index (χ0) is 12.3. The van der Waals surface area contributed by atoms with Crippen LogP contribution in [0.25, 0.3) is 11.3 Å². The second-order valence-corrected chi connectivity index (χ2v) is 4.22. The van der Waals surface area contributed by atoms with Crippen LogP contribution in [-0.2, 0) is 6.42 Å². The summed E-state index contributed by atoms with van der Waals surface area (Å²) in [4.78, 5) is 4.29. The van der Waals surface area contributed by atoms with Crippen molar-refractivity contribution in [1.82, 2.24) is 10.3 Å². The maximum Gasteiger partial charge on any atom is 0.196 e. The van der Waals surface area contributed by atoms with Crippen LogP contribution in [0.15, 0.2) is 28.8 Å². The fourth-order valence-corrected chi connectivity index (χ4v) is 1.80. The van der Waals surface area contributed by atoms with E-state index >= 15 is 0 Å². The first kappa shape index (κ1) is 11.9. The van der Waals surface area contributed by atoms with Crippen LogP contribution < -0.4 is 5.32 Å². The highest BCUT2D eigenvalue weighted by Gasteiger charge is 2.09. The van der Waals surface area contributed by atoms with Gasteiger partial charge in [0.25, 0.3) is 0 Å². The van der Waals surface area contributed by atoms with Crippen molar-refractivity contribution in [2.75, 3.05) is 13.6 Å². The Labute approximate surface area is 102 Å². The van der Waals surface area contributed by atoms with Crippen LogP contribution in [-0.4, -0.2) is 18.6 Å². The summed E-state index contributed by atoms with van der Waals surface area (Å²) >= 11 is 0. The molecule has 0 aliphatic rings. The van der Waals surface area contributed by atoms with Crippen molar-refractivity contribution in [3.8, 4) is 11.3 Å². The number of aromatic nitrogens is 1. The fourth-order valence-electron chi connectivity index (χ4n) is 1.80. The lowest BCUT2D eigenvalue weighted by Gasteiger charge is -2.04. The van der Waals surface area contributed by atoms with Crippen LogP contribution in [0.1, 0.15) is 17.0 Å². The van der Waals surface area contributed by atoms with Gasteiger partial charge >= 0.3 is 0 Å². The van der Waals surface area contributed by atoms with E-state index in [1.54, 1.807) is 0 Å². The lowest BCUT2D eigenvalue weighted by Crippen LogP contribution is -2.10. The lowest BCUT2D eigenvalue weighted by atomic mass is 10.0. The summed E-state index contributed by atoms with van der Waals surface area (Å²) in [7, 11) is 1.93. The minimum absolute atomic E-state index is 0.787. The van der Waals surface area contributed by atoms with Crippen molar-refractivity contribution >= 4 is 0 Å². The summed E-state index contributed by atoms with van der Waals surface area (Å²) in [5.41, 5.74) is 3.66.